The van der Waals surface area contributed by atoms with Crippen LogP contribution in [0.1, 0.15) is 188 Å². The number of ether oxygens (including phenoxy) is 2. The number of carbonyl (C=O) groups is 6. The Labute approximate surface area is 799 Å². The zero-order chi connectivity index (χ0) is 97.0. The molecule has 716 valence electrons. The van der Waals surface area contributed by atoms with Crippen LogP contribution < -0.4 is 31.5 Å². The number of carbonyl (C=O) groups excluding carboxylic acids is 5. The highest BCUT2D eigenvalue weighted by molar-refractivity contribution is 7.13. The van der Waals surface area contributed by atoms with Crippen LogP contribution in [0.2, 0.25) is 0 Å². The number of hydrogen-bond acceptors (Lipinski definition) is 23. The van der Waals surface area contributed by atoms with E-state index in [0.29, 0.717) is 13.2 Å². The number of nitrogens with zero attached hydrogens (tertiary/aromatic N) is 12. The molecular weight excluding hydrogens is 1750 g/mol. The maximum absolute atomic E-state index is 14.2. The molecule has 2 saturated heterocycles. The number of likely N-dealkylation sites (tertiary alicyclic amines) is 2. The van der Waals surface area contributed by atoms with Crippen molar-refractivity contribution in [3.63, 3.8) is 0 Å². The first-order valence-electron chi connectivity index (χ1n) is 46.3. The molecule has 0 unspecified atom stereocenters. The lowest BCUT2D eigenvalue weighted by atomic mass is 9.85. The number of aryl methyl sites for hydroxylation is 8. The second-order valence-electron chi connectivity index (χ2n) is 37.2. The number of aromatic nitrogens is 8. The third kappa shape index (κ3) is 26.6. The Morgan fingerprint density at radius 1 is 0.504 bits per heavy atom. The molecule has 6 aromatic heterocycles. The summed E-state index contributed by atoms with van der Waals surface area (Å²) in [7, 11) is 0. The number of rotatable bonds is 37. The predicted molar refractivity (Wildman–Crippen MR) is 528 cm³/mol. The van der Waals surface area contributed by atoms with Crippen molar-refractivity contribution in [3.8, 4) is 54.5 Å². The van der Waals surface area contributed by atoms with Gasteiger partial charge in [0.05, 0.1) is 86.5 Å². The van der Waals surface area contributed by atoms with Gasteiger partial charge in [0.25, 0.3) is 0 Å². The molecule has 0 aliphatic carbocycles. The normalized spacial score (nSPS) is 15.8. The molecule has 14 rings (SSSR count). The lowest BCUT2D eigenvalue weighted by Gasteiger charge is -2.35. The lowest BCUT2D eigenvalue weighted by Crippen LogP contribution is -2.58. The highest BCUT2D eigenvalue weighted by Gasteiger charge is 2.46. The molecule has 135 heavy (non-hydrogen) atoms. The van der Waals surface area contributed by atoms with E-state index in [9.17, 15) is 39.0 Å². The molecule has 5 amide bonds. The zero-order valence-electron chi connectivity index (χ0n) is 80.4. The van der Waals surface area contributed by atoms with Crippen molar-refractivity contribution in [1.29, 1.82) is 0 Å². The Bertz CT molecular complexity index is 5860. The predicted octanol–water partition coefficient (Wildman–Crippen LogP) is 17.9. The fraction of sp³-hybridized carbons (Fsp3) is 0.423. The second-order valence-corrected chi connectivity index (χ2v) is 39.0. The number of nitrogens with two attached hydrogens (primary N) is 1. The first-order valence-corrected chi connectivity index (χ1v) is 48.1. The third-order valence-electron chi connectivity index (χ3n) is 24.8. The van der Waals surface area contributed by atoms with Gasteiger partial charge in [0.1, 0.15) is 42.9 Å². The molecule has 8 N–H and O–H groups in total. The number of hydrogen-bond donors (Lipinski definition) is 7. The lowest BCUT2D eigenvalue weighted by molar-refractivity contribution is -0.144. The van der Waals surface area contributed by atoms with Crippen molar-refractivity contribution in [2.24, 2.45) is 16.6 Å². The van der Waals surface area contributed by atoms with Crippen molar-refractivity contribution in [1.82, 2.24) is 65.1 Å². The summed E-state index contributed by atoms with van der Waals surface area (Å²) in [5, 5.41) is 46.8. The van der Waals surface area contributed by atoms with E-state index in [0.717, 1.165) is 193 Å². The first-order chi connectivity index (χ1) is 64.5. The summed E-state index contributed by atoms with van der Waals surface area (Å²) >= 11 is 3.18. The molecule has 0 bridgehead atoms. The van der Waals surface area contributed by atoms with Gasteiger partial charge in [0.15, 0.2) is 0 Å². The number of anilines is 4. The summed E-state index contributed by atoms with van der Waals surface area (Å²) in [4.78, 5) is 104. The number of carboxylic acids is 1. The Kier molecular flexibility index (Phi) is 35.2. The molecular formula is C104H130N16O13S2. The monoisotopic (exact) mass is 1870 g/mol. The quantitative estimate of drug-likeness (QED) is 0.0178. The Hall–Kier alpha value is -12.4. The number of unbranched alkanes of at least 4 members (excludes halogenated alkanes) is 6. The van der Waals surface area contributed by atoms with E-state index in [1.54, 1.807) is 47.7 Å². The number of amides is 5. The van der Waals surface area contributed by atoms with Gasteiger partial charge in [-0.3, -0.25) is 24.0 Å². The van der Waals surface area contributed by atoms with E-state index in [-0.39, 0.29) is 69.0 Å². The number of β-amino-alcohol motifs (C(OH)–C–C–N with tert-alkyl or cyclic N) is 2. The van der Waals surface area contributed by atoms with Crippen LogP contribution in [0.15, 0.2) is 191 Å². The first kappa shape index (κ1) is 102. The molecule has 0 saturated carbocycles. The van der Waals surface area contributed by atoms with Crippen LogP contribution >= 0.6 is 22.7 Å². The minimum Gasteiger partial charge on any atom is -0.480 e. The fourth-order valence-corrected chi connectivity index (χ4v) is 18.7. The van der Waals surface area contributed by atoms with Crippen LogP contribution in [-0.2, 0) is 38.2 Å². The minimum absolute atomic E-state index is 0.00210. The molecule has 12 aromatic rings. The fourth-order valence-electron chi connectivity index (χ4n) is 17.1. The maximum atomic E-state index is 14.2. The average molecular weight is 1880 g/mol. The van der Waals surface area contributed by atoms with E-state index < -0.39 is 65.0 Å². The van der Waals surface area contributed by atoms with Gasteiger partial charge in [-0.15, -0.1) is 22.7 Å². The molecule has 0 radical (unpaired) electrons. The molecule has 8 atom stereocenters. The van der Waals surface area contributed by atoms with Crippen LogP contribution in [-0.4, -0.2) is 189 Å². The topological polar surface area (TPSA) is 370 Å². The smallest absolute Gasteiger partial charge is 0.329 e. The van der Waals surface area contributed by atoms with Gasteiger partial charge in [-0.2, -0.15) is 0 Å². The van der Waals surface area contributed by atoms with Gasteiger partial charge in [-0.25, -0.2) is 24.7 Å². The summed E-state index contributed by atoms with van der Waals surface area (Å²) in [6.07, 6.45) is 17.2. The number of thiazole rings is 2. The van der Waals surface area contributed by atoms with Gasteiger partial charge in [-0.05, 0) is 211 Å². The van der Waals surface area contributed by atoms with Crippen LogP contribution in [0.5, 0.6) is 0 Å². The molecule has 2 aliphatic rings. The van der Waals surface area contributed by atoms with E-state index >= 15 is 0 Å². The average Bonchev–Trinajstić information content (AvgIpc) is 1.78. The molecule has 31 heteroatoms. The summed E-state index contributed by atoms with van der Waals surface area (Å²) in [5.74, 6) is -1.09. The summed E-state index contributed by atoms with van der Waals surface area (Å²) in [5.41, 5.74) is 29.5. The highest BCUT2D eigenvalue weighted by Crippen LogP contribution is 2.40. The number of imidazole rings is 2. The number of aliphatic hydroxyl groups is 2. The van der Waals surface area contributed by atoms with Crippen LogP contribution in [0.4, 0.5) is 22.7 Å². The van der Waals surface area contributed by atoms with Crippen LogP contribution in [0.25, 0.3) is 54.5 Å². The third-order valence-corrected chi connectivity index (χ3v) is 26.7. The maximum Gasteiger partial charge on any atom is 0.329 e. The molecule has 29 nitrogen and oxygen atoms in total. The Balaban J connectivity index is 0.000000202. The summed E-state index contributed by atoms with van der Waals surface area (Å²) < 4.78 is 25.9. The second kappa shape index (κ2) is 46.7. The molecule has 2 aliphatic heterocycles. The minimum atomic E-state index is -0.942. The van der Waals surface area contributed by atoms with Crippen molar-refractivity contribution in [2.45, 2.75) is 223 Å². The van der Waals surface area contributed by atoms with E-state index in [2.05, 4.69) is 155 Å². The SMILES string of the molecule is Cc1ccc(-c2c(C)noc2C)cc1N(CCCCCCOCC(=O)N[C@H](C(=O)N1C[C@H](O)C[C@H]1C(=O)N[C@@H](C)c1ccc(-c2scnc2C)cc1)C(C)(C)C)c1ccc(-n2ccnc2)cc1.Cc1ccc(-c2c(C)noc2C)cc1N(CCCCCCOCC(=O)O)c1ccc(-n2ccnc2)cc1.Cc1ncsc1-c1ccc([C@H](C)NC(=O)[C@@H]2C[C@@H](O)CN2C(=O)[C@@H](N)C(C)(C)C)cc1. The van der Waals surface area contributed by atoms with E-state index in [4.69, 9.17) is 29.4 Å². The van der Waals surface area contributed by atoms with Crippen molar-refractivity contribution < 1.29 is 62.6 Å². The van der Waals surface area contributed by atoms with E-state index in [1.807, 2.05) is 178 Å². The van der Waals surface area contributed by atoms with Gasteiger partial charge in [0.2, 0.25) is 29.5 Å². The standard InChI is InChI=1S/C52H64N8O6S.C29H34N4O4.C23H32N4O3S/c1-33-13-14-40(47-35(3)57-66-37(47)5)27-44(33)59(42-21-19-41(20-22-42)58-25-23-53-31-58)24-11-9-10-12-26-65-30-46(62)56-49(52(6,7)8)51(64)60-29-43(61)28-45(60)50(63)55-34(2)38-15-17-39(18-16-38)48-36(4)54-32-67-48;1-21-8-9-24(29-22(2)31-37-23(29)3)18-27(21)33(15-6-4-5-7-17-36-19-28(34)35)26-12-10-25(11-13-26)32-16-14-30-20-32;1-13(15-6-8-16(9-7-15)19-14(2)25-12-31-19)26-21(29)18-10-17(28)11-27(18)22(30)20(24)23(3,4)5/h13-23,25,27,31-32,34,43,45,49,61H,9-12,24,26,28-30H2,1-8H3,(H,55,63)(H,56,62);8-14,16,18,20H,4-7,15,17,19H2,1-3H3,(H,34,35);6-9,12-13,17-18,20,28H,10-11,24H2,1-5H3,(H,26,29)/t34-,43+,45-,49+;;13-,17+,18-,20+/m0.0/s1. The van der Waals surface area contributed by atoms with E-state index in [1.165, 1.54) is 15.4 Å². The van der Waals surface area contributed by atoms with Crippen LogP contribution in [0.3, 0.4) is 0 Å². The van der Waals surface area contributed by atoms with Crippen molar-refractivity contribution >= 4 is 80.9 Å². The van der Waals surface area contributed by atoms with Crippen LogP contribution in [0, 0.1) is 66.2 Å². The van der Waals surface area contributed by atoms with Gasteiger partial charge in [-0.1, -0.05) is 150 Å². The molecule has 2 fully saturated rings. The number of benzene rings is 6. The van der Waals surface area contributed by atoms with Gasteiger partial charge in [0, 0.05) is 122 Å². The Morgan fingerprint density at radius 3 is 1.27 bits per heavy atom. The highest BCUT2D eigenvalue weighted by atomic mass is 32.1. The van der Waals surface area contributed by atoms with Crippen molar-refractivity contribution in [2.75, 3.05) is 62.4 Å². The van der Waals surface area contributed by atoms with Gasteiger partial charge >= 0.3 is 5.97 Å². The van der Waals surface area contributed by atoms with Gasteiger partial charge < -0.3 is 84.3 Å². The number of aliphatic hydroxyl groups excluding tert-OH is 2. The summed E-state index contributed by atoms with van der Waals surface area (Å²) in [6, 6.07) is 42.1. The Morgan fingerprint density at radius 2 is 0.904 bits per heavy atom. The largest absolute Gasteiger partial charge is 0.480 e. The molecule has 8 heterocycles. The summed E-state index contributed by atoms with van der Waals surface area (Å²) in [6.45, 7) is 33.3. The molecule has 6 aromatic carbocycles. The number of nitrogens with one attached hydrogen (secondary N) is 3. The number of carboxylic acid groups (broad SMARTS) is 1. The zero-order valence-corrected chi connectivity index (χ0v) is 82.0. The molecule has 0 spiro atoms. The van der Waals surface area contributed by atoms with Crippen molar-refractivity contribution in [3.05, 3.63) is 238 Å². The number of aliphatic carboxylic acids is 1.